The van der Waals surface area contributed by atoms with Gasteiger partial charge in [-0.05, 0) is 18.2 Å². The lowest BCUT2D eigenvalue weighted by atomic mass is 10.3. The van der Waals surface area contributed by atoms with Crippen molar-refractivity contribution in [2.24, 2.45) is 5.73 Å². The van der Waals surface area contributed by atoms with E-state index in [0.717, 1.165) is 16.0 Å². The van der Waals surface area contributed by atoms with E-state index in [2.05, 4.69) is 4.98 Å². The Morgan fingerprint density at radius 2 is 2.40 bits per heavy atom. The lowest BCUT2D eigenvalue weighted by molar-refractivity contribution is 0.186. The summed E-state index contributed by atoms with van der Waals surface area (Å²) >= 11 is 1.44. The molecule has 1 heterocycles. The van der Waals surface area contributed by atoms with Gasteiger partial charge in [-0.25, -0.2) is 4.98 Å². The van der Waals surface area contributed by atoms with Crippen LogP contribution in [-0.4, -0.2) is 23.7 Å². The maximum atomic E-state index is 9.55. The fourth-order valence-corrected chi connectivity index (χ4v) is 2.29. The summed E-state index contributed by atoms with van der Waals surface area (Å²) in [7, 11) is 1.62. The first-order valence-electron chi connectivity index (χ1n) is 4.57. The number of hydrogen-bond acceptors (Lipinski definition) is 5. The Hall–Kier alpha value is -1.17. The molecule has 1 atom stereocenters. The molecule has 1 unspecified atom stereocenters. The van der Waals surface area contributed by atoms with E-state index in [0.29, 0.717) is 5.01 Å². The molecule has 0 saturated heterocycles. The van der Waals surface area contributed by atoms with E-state index >= 15 is 0 Å². The number of nitrogens with zero attached hydrogens (tertiary/aromatic N) is 1. The van der Waals surface area contributed by atoms with Gasteiger partial charge >= 0.3 is 0 Å². The second-order valence-electron chi connectivity index (χ2n) is 3.14. The van der Waals surface area contributed by atoms with Crippen LogP contribution >= 0.6 is 11.3 Å². The van der Waals surface area contributed by atoms with Gasteiger partial charge in [-0.1, -0.05) is 0 Å². The third-order valence-electron chi connectivity index (χ3n) is 2.12. The number of rotatable bonds is 3. The zero-order chi connectivity index (χ0) is 10.8. The summed E-state index contributed by atoms with van der Waals surface area (Å²) in [5.74, 6) is 0.792. The van der Waals surface area contributed by atoms with Gasteiger partial charge in [0.05, 0.1) is 17.3 Å². The van der Waals surface area contributed by atoms with Crippen LogP contribution in [0.3, 0.4) is 0 Å². The summed E-state index contributed by atoms with van der Waals surface area (Å²) in [5.41, 5.74) is 6.24. The Balaban J connectivity index is 2.46. The van der Waals surface area contributed by atoms with E-state index in [1.165, 1.54) is 11.3 Å². The van der Waals surface area contributed by atoms with E-state index in [1.54, 1.807) is 7.11 Å². The third kappa shape index (κ3) is 1.94. The number of benzene rings is 1. The number of fused-ring (bicyclic) bond motifs is 1. The number of nitrogens with two attached hydrogens (primary N) is 1. The fourth-order valence-electron chi connectivity index (χ4n) is 1.29. The molecule has 3 N–H and O–H groups in total. The molecule has 0 amide bonds. The molecular formula is C10H12N2O2S. The van der Waals surface area contributed by atoms with Crippen LogP contribution in [0.25, 0.3) is 10.2 Å². The molecule has 2 aromatic rings. The SMILES string of the molecule is COc1ccc2nc(C(O)CN)sc2c1. The Kier molecular flexibility index (Phi) is 2.86. The molecular weight excluding hydrogens is 212 g/mol. The number of aliphatic hydroxyl groups excluding tert-OH is 1. The number of hydrogen-bond donors (Lipinski definition) is 2. The Labute approximate surface area is 91.3 Å². The second-order valence-corrected chi connectivity index (χ2v) is 4.20. The third-order valence-corrected chi connectivity index (χ3v) is 3.24. The minimum atomic E-state index is -0.673. The molecule has 0 saturated carbocycles. The smallest absolute Gasteiger partial charge is 0.124 e. The summed E-state index contributed by atoms with van der Waals surface area (Å²) in [6.07, 6.45) is -0.673. The van der Waals surface area contributed by atoms with Gasteiger partial charge in [0.2, 0.25) is 0 Å². The van der Waals surface area contributed by atoms with Crippen molar-refractivity contribution in [2.75, 3.05) is 13.7 Å². The molecule has 2 rings (SSSR count). The zero-order valence-corrected chi connectivity index (χ0v) is 9.12. The van der Waals surface area contributed by atoms with Crippen molar-refractivity contribution in [3.8, 4) is 5.75 Å². The minimum absolute atomic E-state index is 0.191. The molecule has 0 aliphatic carbocycles. The minimum Gasteiger partial charge on any atom is -0.497 e. The van der Waals surface area contributed by atoms with E-state index < -0.39 is 6.10 Å². The van der Waals surface area contributed by atoms with Crippen molar-refractivity contribution in [3.05, 3.63) is 23.2 Å². The molecule has 0 aliphatic rings. The van der Waals surface area contributed by atoms with Gasteiger partial charge in [-0.15, -0.1) is 11.3 Å². The van der Waals surface area contributed by atoms with Crippen LogP contribution in [0.15, 0.2) is 18.2 Å². The van der Waals surface area contributed by atoms with Crippen molar-refractivity contribution >= 4 is 21.6 Å². The van der Waals surface area contributed by atoms with Crippen LogP contribution in [0.4, 0.5) is 0 Å². The van der Waals surface area contributed by atoms with Crippen molar-refractivity contribution in [2.45, 2.75) is 6.10 Å². The van der Waals surface area contributed by atoms with Gasteiger partial charge < -0.3 is 15.6 Å². The maximum absolute atomic E-state index is 9.55. The van der Waals surface area contributed by atoms with Gasteiger partial charge in [0, 0.05) is 6.54 Å². The van der Waals surface area contributed by atoms with Gasteiger partial charge in [-0.2, -0.15) is 0 Å². The molecule has 0 aliphatic heterocycles. The number of methoxy groups -OCH3 is 1. The van der Waals surface area contributed by atoms with Gasteiger partial charge in [0.25, 0.3) is 0 Å². The molecule has 0 radical (unpaired) electrons. The molecule has 0 spiro atoms. The largest absolute Gasteiger partial charge is 0.497 e. The van der Waals surface area contributed by atoms with E-state index in [9.17, 15) is 5.11 Å². The summed E-state index contributed by atoms with van der Waals surface area (Å²) < 4.78 is 6.11. The average Bonchev–Trinajstić information content (AvgIpc) is 2.70. The molecule has 1 aromatic heterocycles. The number of thiazole rings is 1. The normalized spacial score (nSPS) is 13.0. The van der Waals surface area contributed by atoms with Crippen LogP contribution in [0, 0.1) is 0 Å². The first kappa shape index (κ1) is 10.4. The van der Waals surface area contributed by atoms with E-state index in [-0.39, 0.29) is 6.54 Å². The van der Waals surface area contributed by atoms with Crippen molar-refractivity contribution in [3.63, 3.8) is 0 Å². The summed E-state index contributed by atoms with van der Waals surface area (Å²) in [6.45, 7) is 0.191. The van der Waals surface area contributed by atoms with Gasteiger partial charge in [0.15, 0.2) is 0 Å². The zero-order valence-electron chi connectivity index (χ0n) is 8.30. The molecule has 0 fully saturated rings. The van der Waals surface area contributed by atoms with Crippen molar-refractivity contribution < 1.29 is 9.84 Å². The molecule has 15 heavy (non-hydrogen) atoms. The molecule has 80 valence electrons. The number of aliphatic hydroxyl groups is 1. The predicted molar refractivity (Wildman–Crippen MR) is 60.2 cm³/mol. The highest BCUT2D eigenvalue weighted by molar-refractivity contribution is 7.18. The summed E-state index contributed by atoms with van der Waals surface area (Å²) in [4.78, 5) is 4.29. The van der Waals surface area contributed by atoms with Crippen LogP contribution in [0.2, 0.25) is 0 Å². The van der Waals surface area contributed by atoms with Gasteiger partial charge in [0.1, 0.15) is 16.9 Å². The first-order valence-corrected chi connectivity index (χ1v) is 5.39. The number of aromatic nitrogens is 1. The standard InChI is InChI=1S/C10H12N2O2S/c1-14-6-2-3-7-9(4-6)15-10(12-7)8(13)5-11/h2-4,8,13H,5,11H2,1H3. The topological polar surface area (TPSA) is 68.4 Å². The fraction of sp³-hybridized carbons (Fsp3) is 0.300. The first-order chi connectivity index (χ1) is 7.24. The van der Waals surface area contributed by atoms with Crippen LogP contribution in [0.1, 0.15) is 11.1 Å². The molecule has 0 bridgehead atoms. The predicted octanol–water partition coefficient (Wildman–Crippen LogP) is 1.30. The summed E-state index contributed by atoms with van der Waals surface area (Å²) in [5, 5.41) is 10.2. The Morgan fingerprint density at radius 1 is 1.60 bits per heavy atom. The quantitative estimate of drug-likeness (QED) is 0.824. The number of ether oxygens (including phenoxy) is 1. The summed E-state index contributed by atoms with van der Waals surface area (Å²) in [6, 6.07) is 5.62. The van der Waals surface area contributed by atoms with Crippen LogP contribution in [0.5, 0.6) is 5.75 Å². The Bertz CT molecular complexity index is 469. The molecule has 4 nitrogen and oxygen atoms in total. The highest BCUT2D eigenvalue weighted by Gasteiger charge is 2.11. The van der Waals surface area contributed by atoms with E-state index in [4.69, 9.17) is 10.5 Å². The van der Waals surface area contributed by atoms with Crippen LogP contribution in [-0.2, 0) is 0 Å². The molecule has 5 heteroatoms. The average molecular weight is 224 g/mol. The van der Waals surface area contributed by atoms with Crippen molar-refractivity contribution in [1.82, 2.24) is 4.98 Å². The highest BCUT2D eigenvalue weighted by atomic mass is 32.1. The lowest BCUT2D eigenvalue weighted by Gasteiger charge is -2.00. The maximum Gasteiger partial charge on any atom is 0.124 e. The second kappa shape index (κ2) is 4.14. The van der Waals surface area contributed by atoms with Gasteiger partial charge in [-0.3, -0.25) is 0 Å². The Morgan fingerprint density at radius 3 is 3.07 bits per heavy atom. The molecule has 1 aromatic carbocycles. The lowest BCUT2D eigenvalue weighted by Crippen LogP contribution is -2.10. The van der Waals surface area contributed by atoms with Crippen LogP contribution < -0.4 is 10.5 Å². The monoisotopic (exact) mass is 224 g/mol. The van der Waals surface area contributed by atoms with Crippen molar-refractivity contribution in [1.29, 1.82) is 0 Å². The van der Waals surface area contributed by atoms with E-state index in [1.807, 2.05) is 18.2 Å². The highest BCUT2D eigenvalue weighted by Crippen LogP contribution is 2.28.